The fourth-order valence-electron chi connectivity index (χ4n) is 3.92. The lowest BCUT2D eigenvalue weighted by Gasteiger charge is -2.41. The van der Waals surface area contributed by atoms with Crippen molar-refractivity contribution >= 4 is 29.0 Å². The van der Waals surface area contributed by atoms with Gasteiger partial charge in [0.15, 0.2) is 0 Å². The van der Waals surface area contributed by atoms with E-state index in [2.05, 4.69) is 14.9 Å². The van der Waals surface area contributed by atoms with Crippen LogP contribution in [0.15, 0.2) is 41.0 Å². The number of piperidine rings is 2. The van der Waals surface area contributed by atoms with Crippen LogP contribution in [-0.4, -0.2) is 69.8 Å². The molecule has 6 nitrogen and oxygen atoms in total. The Labute approximate surface area is 174 Å². The highest BCUT2D eigenvalue weighted by molar-refractivity contribution is 8.00. The fourth-order valence-corrected chi connectivity index (χ4v) is 5.26. The van der Waals surface area contributed by atoms with E-state index in [1.165, 1.54) is 0 Å². The molecule has 1 amide bonds. The molecule has 2 aromatic heterocycles. The number of hydrogen-bond acceptors (Lipinski definition) is 7. The summed E-state index contributed by atoms with van der Waals surface area (Å²) in [4.78, 5) is 26.5. The number of ether oxygens (including phenoxy) is 1. The van der Waals surface area contributed by atoms with Crippen molar-refractivity contribution in [1.29, 1.82) is 0 Å². The highest BCUT2D eigenvalue weighted by Gasteiger charge is 2.30. The molecule has 8 heteroatoms. The molecule has 0 aliphatic carbocycles. The first kappa shape index (κ1) is 19.7. The van der Waals surface area contributed by atoms with Crippen molar-refractivity contribution in [3.63, 3.8) is 0 Å². The van der Waals surface area contributed by atoms with Crippen LogP contribution >= 0.6 is 23.1 Å². The van der Waals surface area contributed by atoms with Gasteiger partial charge >= 0.3 is 0 Å². The summed E-state index contributed by atoms with van der Waals surface area (Å²) in [7, 11) is 0. The molecule has 2 aliphatic heterocycles. The van der Waals surface area contributed by atoms with Crippen molar-refractivity contribution in [3.8, 4) is 5.19 Å². The summed E-state index contributed by atoms with van der Waals surface area (Å²) in [6.07, 6.45) is 9.87. The Morgan fingerprint density at radius 2 is 1.86 bits per heavy atom. The fraction of sp³-hybridized carbons (Fsp3) is 0.550. The zero-order valence-corrected chi connectivity index (χ0v) is 17.5. The maximum Gasteiger partial charge on any atom is 0.273 e. The molecule has 2 fully saturated rings. The molecule has 0 atom stereocenters. The lowest BCUT2D eigenvalue weighted by Crippen LogP contribution is -2.50. The number of thiazole rings is 1. The lowest BCUT2D eigenvalue weighted by atomic mass is 9.99. The van der Waals surface area contributed by atoms with E-state index in [1.807, 2.05) is 22.4 Å². The van der Waals surface area contributed by atoms with E-state index in [1.54, 1.807) is 41.7 Å². The van der Waals surface area contributed by atoms with Crippen molar-refractivity contribution in [2.75, 3.05) is 31.9 Å². The van der Waals surface area contributed by atoms with Crippen LogP contribution < -0.4 is 4.74 Å². The second-order valence-corrected chi connectivity index (χ2v) is 9.14. The van der Waals surface area contributed by atoms with E-state index in [9.17, 15) is 4.79 Å². The van der Waals surface area contributed by atoms with Gasteiger partial charge in [-0.2, -0.15) is 0 Å². The van der Waals surface area contributed by atoms with Gasteiger partial charge in [-0.1, -0.05) is 11.3 Å². The molecule has 28 heavy (non-hydrogen) atoms. The van der Waals surface area contributed by atoms with Crippen LogP contribution in [0.2, 0.25) is 0 Å². The van der Waals surface area contributed by atoms with Gasteiger partial charge in [0, 0.05) is 61.1 Å². The number of likely N-dealkylation sites (tertiary alicyclic amines) is 2. The number of aromatic nitrogens is 2. The average Bonchev–Trinajstić information content (AvgIpc) is 3.26. The normalized spacial score (nSPS) is 19.6. The van der Waals surface area contributed by atoms with Crippen LogP contribution in [0.25, 0.3) is 0 Å². The molecule has 0 radical (unpaired) electrons. The minimum absolute atomic E-state index is 0.246. The third-order valence-electron chi connectivity index (χ3n) is 5.50. The molecule has 0 N–H and O–H groups in total. The number of rotatable bonds is 6. The van der Waals surface area contributed by atoms with Gasteiger partial charge in [0.25, 0.3) is 5.19 Å². The Hall–Kier alpha value is -1.64. The molecular weight excluding hydrogens is 392 g/mol. The second-order valence-electron chi connectivity index (χ2n) is 7.23. The Bertz CT molecular complexity index is 728. The summed E-state index contributed by atoms with van der Waals surface area (Å²) in [5.41, 5.74) is 0. The molecule has 0 aromatic carbocycles. The van der Waals surface area contributed by atoms with Crippen LogP contribution in [0, 0.1) is 0 Å². The predicted molar refractivity (Wildman–Crippen MR) is 112 cm³/mol. The molecule has 0 bridgehead atoms. The third-order valence-corrected chi connectivity index (χ3v) is 7.16. The van der Waals surface area contributed by atoms with Gasteiger partial charge in [-0.15, -0.1) is 11.8 Å². The summed E-state index contributed by atoms with van der Waals surface area (Å²) >= 11 is 3.15. The zero-order chi connectivity index (χ0) is 19.2. The van der Waals surface area contributed by atoms with Crippen LogP contribution in [0.4, 0.5) is 0 Å². The Morgan fingerprint density at radius 1 is 1.11 bits per heavy atom. The monoisotopic (exact) mass is 418 g/mol. The number of carbonyl (C=O) groups is 1. The Balaban J connectivity index is 1.17. The highest BCUT2D eigenvalue weighted by atomic mass is 32.2. The largest absolute Gasteiger partial charge is 0.467 e. The maximum absolute atomic E-state index is 12.5. The van der Waals surface area contributed by atoms with E-state index in [4.69, 9.17) is 4.74 Å². The number of carbonyl (C=O) groups excluding carboxylic acids is 1. The Kier molecular flexibility index (Phi) is 6.82. The SMILES string of the molecule is O=C(CSc1ccncc1)N1CCC(N2CCC(Oc3nccs3)CC2)CC1. The summed E-state index contributed by atoms with van der Waals surface area (Å²) in [6, 6.07) is 4.50. The van der Waals surface area contributed by atoms with Gasteiger partial charge in [-0.3, -0.25) is 14.7 Å². The van der Waals surface area contributed by atoms with E-state index < -0.39 is 0 Å². The molecule has 4 heterocycles. The first-order valence-corrected chi connectivity index (χ1v) is 11.8. The smallest absolute Gasteiger partial charge is 0.273 e. The number of nitrogens with zero attached hydrogens (tertiary/aromatic N) is 4. The molecule has 150 valence electrons. The number of thioether (sulfide) groups is 1. The number of amides is 1. The standard InChI is InChI=1S/C20H26N4O2S2/c25-19(15-28-18-1-7-21-8-2-18)24-10-3-16(4-11-24)23-12-5-17(6-13-23)26-20-22-9-14-27-20/h1-2,7-9,14,16-17H,3-6,10-13,15H2. The van der Waals surface area contributed by atoms with E-state index in [-0.39, 0.29) is 12.0 Å². The van der Waals surface area contributed by atoms with Gasteiger partial charge < -0.3 is 9.64 Å². The molecule has 4 rings (SSSR count). The number of hydrogen-bond donors (Lipinski definition) is 0. The number of pyridine rings is 1. The van der Waals surface area contributed by atoms with Gasteiger partial charge in [0.2, 0.25) is 5.91 Å². The summed E-state index contributed by atoms with van der Waals surface area (Å²) in [6.45, 7) is 3.89. The molecular formula is C20H26N4O2S2. The van der Waals surface area contributed by atoms with E-state index >= 15 is 0 Å². The Morgan fingerprint density at radius 3 is 2.54 bits per heavy atom. The lowest BCUT2D eigenvalue weighted by molar-refractivity contribution is -0.130. The minimum Gasteiger partial charge on any atom is -0.467 e. The van der Waals surface area contributed by atoms with E-state index in [0.717, 1.165) is 62.0 Å². The molecule has 2 aliphatic rings. The van der Waals surface area contributed by atoms with Crippen molar-refractivity contribution in [2.45, 2.75) is 42.7 Å². The summed E-state index contributed by atoms with van der Waals surface area (Å²) < 4.78 is 5.96. The van der Waals surface area contributed by atoms with Crippen molar-refractivity contribution in [3.05, 3.63) is 36.1 Å². The van der Waals surface area contributed by atoms with E-state index in [0.29, 0.717) is 11.8 Å². The van der Waals surface area contributed by atoms with Crippen molar-refractivity contribution in [2.24, 2.45) is 0 Å². The van der Waals surface area contributed by atoms with Crippen LogP contribution in [0.3, 0.4) is 0 Å². The van der Waals surface area contributed by atoms with Crippen molar-refractivity contribution in [1.82, 2.24) is 19.8 Å². The molecule has 0 spiro atoms. The topological polar surface area (TPSA) is 58.6 Å². The van der Waals surface area contributed by atoms with Gasteiger partial charge in [0.1, 0.15) is 6.10 Å². The zero-order valence-electron chi connectivity index (χ0n) is 15.9. The average molecular weight is 419 g/mol. The molecule has 0 unspecified atom stereocenters. The second kappa shape index (κ2) is 9.71. The molecule has 2 saturated heterocycles. The van der Waals surface area contributed by atoms with Crippen molar-refractivity contribution < 1.29 is 9.53 Å². The highest BCUT2D eigenvalue weighted by Crippen LogP contribution is 2.25. The maximum atomic E-state index is 12.5. The third kappa shape index (κ3) is 5.24. The molecule has 2 aromatic rings. The quantitative estimate of drug-likeness (QED) is 0.672. The van der Waals surface area contributed by atoms with Crippen LogP contribution in [0.5, 0.6) is 5.19 Å². The van der Waals surface area contributed by atoms with Crippen LogP contribution in [-0.2, 0) is 4.79 Å². The predicted octanol–water partition coefficient (Wildman–Crippen LogP) is 3.16. The molecule has 0 saturated carbocycles. The first-order chi connectivity index (χ1) is 13.8. The van der Waals surface area contributed by atoms with Gasteiger partial charge in [-0.05, 0) is 37.8 Å². The minimum atomic E-state index is 0.246. The van der Waals surface area contributed by atoms with Gasteiger partial charge in [-0.25, -0.2) is 4.98 Å². The van der Waals surface area contributed by atoms with Gasteiger partial charge in [0.05, 0.1) is 5.75 Å². The summed E-state index contributed by atoms with van der Waals surface area (Å²) in [5.74, 6) is 0.754. The summed E-state index contributed by atoms with van der Waals surface area (Å²) in [5, 5.41) is 2.74. The first-order valence-electron chi connectivity index (χ1n) is 9.89. The van der Waals surface area contributed by atoms with Crippen LogP contribution in [0.1, 0.15) is 25.7 Å².